The SMILES string of the molecule is CO/N=C(/CC(C)(C)C)c1ccc(OCc2c(C3CC3)cccc2-n2nnn(C)c2=O)c(Br)c1. The molecule has 0 N–H and O–H groups in total. The first-order valence-electron chi connectivity index (χ1n) is 11.3. The predicted molar refractivity (Wildman–Crippen MR) is 135 cm³/mol. The van der Waals surface area contributed by atoms with Crippen molar-refractivity contribution in [1.29, 1.82) is 0 Å². The van der Waals surface area contributed by atoms with Gasteiger partial charge in [0.25, 0.3) is 0 Å². The minimum Gasteiger partial charge on any atom is -0.488 e. The molecule has 1 aromatic heterocycles. The van der Waals surface area contributed by atoms with Crippen LogP contribution in [0.4, 0.5) is 0 Å². The van der Waals surface area contributed by atoms with Crippen molar-refractivity contribution in [1.82, 2.24) is 19.8 Å². The highest BCUT2D eigenvalue weighted by Gasteiger charge is 2.28. The molecular formula is C25H30BrN5O3. The average Bonchev–Trinajstić information content (AvgIpc) is 3.57. The Hall–Kier alpha value is -2.94. The van der Waals surface area contributed by atoms with E-state index in [0.717, 1.165) is 40.6 Å². The average molecular weight is 528 g/mol. The van der Waals surface area contributed by atoms with Crippen LogP contribution in [-0.2, 0) is 18.5 Å². The van der Waals surface area contributed by atoms with Crippen LogP contribution in [0.15, 0.2) is 50.8 Å². The van der Waals surface area contributed by atoms with Crippen LogP contribution in [0.3, 0.4) is 0 Å². The van der Waals surface area contributed by atoms with Crippen LogP contribution in [0.2, 0.25) is 0 Å². The van der Waals surface area contributed by atoms with Crippen LogP contribution in [0.1, 0.15) is 62.6 Å². The minimum absolute atomic E-state index is 0.0698. The van der Waals surface area contributed by atoms with Gasteiger partial charge in [-0.3, -0.25) is 0 Å². The van der Waals surface area contributed by atoms with E-state index in [4.69, 9.17) is 9.57 Å². The number of aryl methyl sites for hydroxylation is 1. The van der Waals surface area contributed by atoms with Crippen molar-refractivity contribution < 1.29 is 9.57 Å². The van der Waals surface area contributed by atoms with E-state index < -0.39 is 0 Å². The lowest BCUT2D eigenvalue weighted by Crippen LogP contribution is -2.23. The fourth-order valence-electron chi connectivity index (χ4n) is 3.94. The molecule has 8 nitrogen and oxygen atoms in total. The van der Waals surface area contributed by atoms with E-state index >= 15 is 0 Å². The quantitative estimate of drug-likeness (QED) is 0.305. The summed E-state index contributed by atoms with van der Waals surface area (Å²) in [6.45, 7) is 6.82. The molecule has 3 aromatic rings. The maximum atomic E-state index is 12.5. The topological polar surface area (TPSA) is 83.5 Å². The van der Waals surface area contributed by atoms with Crippen LogP contribution in [0.5, 0.6) is 5.75 Å². The standard InChI is InChI=1S/C25H30BrN5O3/c1-25(2,3)14-21(27-33-5)17-11-12-23(20(26)13-17)34-15-19-18(16-9-10-16)7-6-8-22(19)31-24(32)30(4)28-29-31/h6-8,11-13,16H,9-10,14-15H2,1-5H3/b27-21-. The second-order valence-corrected chi connectivity index (χ2v) is 10.7. The summed E-state index contributed by atoms with van der Waals surface area (Å²) in [6, 6.07) is 11.9. The maximum absolute atomic E-state index is 12.5. The predicted octanol–water partition coefficient (Wildman–Crippen LogP) is 4.97. The summed E-state index contributed by atoms with van der Waals surface area (Å²) in [6.07, 6.45) is 3.05. The third kappa shape index (κ3) is 5.41. The zero-order chi connectivity index (χ0) is 24.5. The second-order valence-electron chi connectivity index (χ2n) is 9.81. The van der Waals surface area contributed by atoms with Crippen molar-refractivity contribution in [2.75, 3.05) is 7.11 Å². The Kier molecular flexibility index (Phi) is 6.93. The van der Waals surface area contributed by atoms with E-state index in [-0.39, 0.29) is 11.1 Å². The van der Waals surface area contributed by atoms with Gasteiger partial charge in [-0.15, -0.1) is 0 Å². The van der Waals surface area contributed by atoms with E-state index in [2.05, 4.69) is 58.4 Å². The summed E-state index contributed by atoms with van der Waals surface area (Å²) < 4.78 is 9.64. The van der Waals surface area contributed by atoms with Gasteiger partial charge in [-0.2, -0.15) is 9.36 Å². The van der Waals surface area contributed by atoms with Gasteiger partial charge in [-0.05, 0) is 86.8 Å². The highest BCUT2D eigenvalue weighted by atomic mass is 79.9. The summed E-state index contributed by atoms with van der Waals surface area (Å²) in [5, 5.41) is 12.2. The molecular weight excluding hydrogens is 498 g/mol. The molecule has 1 fully saturated rings. The Morgan fingerprint density at radius 1 is 1.21 bits per heavy atom. The Bertz CT molecular complexity index is 1270. The summed E-state index contributed by atoms with van der Waals surface area (Å²) in [7, 11) is 3.15. The smallest absolute Gasteiger partial charge is 0.368 e. The molecule has 0 radical (unpaired) electrons. The minimum atomic E-state index is -0.288. The number of benzene rings is 2. The molecule has 1 saturated carbocycles. The van der Waals surface area contributed by atoms with Crippen molar-refractivity contribution in [2.24, 2.45) is 17.6 Å². The van der Waals surface area contributed by atoms with Gasteiger partial charge in [0.2, 0.25) is 0 Å². The van der Waals surface area contributed by atoms with Crippen molar-refractivity contribution in [3.63, 3.8) is 0 Å². The van der Waals surface area contributed by atoms with E-state index in [9.17, 15) is 4.79 Å². The number of rotatable bonds is 8. The largest absolute Gasteiger partial charge is 0.488 e. The first-order chi connectivity index (χ1) is 16.2. The monoisotopic (exact) mass is 527 g/mol. The molecule has 2 aromatic carbocycles. The normalized spacial score (nSPS) is 14.4. The van der Waals surface area contributed by atoms with Crippen molar-refractivity contribution >= 4 is 21.6 Å². The van der Waals surface area contributed by atoms with Crippen LogP contribution in [0, 0.1) is 5.41 Å². The number of oxime groups is 1. The zero-order valence-electron chi connectivity index (χ0n) is 20.2. The molecule has 0 amide bonds. The molecule has 1 aliphatic rings. The Balaban J connectivity index is 1.62. The number of halogens is 1. The van der Waals surface area contributed by atoms with Crippen molar-refractivity contribution in [3.05, 3.63) is 68.0 Å². The van der Waals surface area contributed by atoms with Crippen LogP contribution in [-0.4, -0.2) is 32.6 Å². The third-order valence-corrected chi connectivity index (χ3v) is 6.31. The van der Waals surface area contributed by atoms with E-state index in [0.29, 0.717) is 24.0 Å². The van der Waals surface area contributed by atoms with Crippen LogP contribution < -0.4 is 10.4 Å². The lowest BCUT2D eigenvalue weighted by Gasteiger charge is -2.20. The molecule has 1 heterocycles. The van der Waals surface area contributed by atoms with Crippen molar-refractivity contribution in [2.45, 2.75) is 52.6 Å². The highest BCUT2D eigenvalue weighted by Crippen LogP contribution is 2.43. The van der Waals surface area contributed by atoms with Gasteiger partial charge in [-0.25, -0.2) is 4.79 Å². The molecule has 180 valence electrons. The summed E-state index contributed by atoms with van der Waals surface area (Å²) in [4.78, 5) is 17.6. The number of tetrazole rings is 1. The molecule has 0 saturated heterocycles. The maximum Gasteiger partial charge on any atom is 0.368 e. The number of nitrogens with zero attached hydrogens (tertiary/aromatic N) is 5. The number of ether oxygens (including phenoxy) is 1. The zero-order valence-corrected chi connectivity index (χ0v) is 21.8. The lowest BCUT2D eigenvalue weighted by molar-refractivity contribution is 0.211. The van der Waals surface area contributed by atoms with Crippen LogP contribution in [0.25, 0.3) is 5.69 Å². The molecule has 0 atom stereocenters. The Labute approximate surface area is 207 Å². The summed E-state index contributed by atoms with van der Waals surface area (Å²) in [5.74, 6) is 1.20. The third-order valence-electron chi connectivity index (χ3n) is 5.69. The van der Waals surface area contributed by atoms with Gasteiger partial charge in [0, 0.05) is 18.2 Å². The molecule has 4 rings (SSSR count). The molecule has 0 aliphatic heterocycles. The first kappa shape index (κ1) is 24.2. The van der Waals surface area contributed by atoms with Crippen molar-refractivity contribution in [3.8, 4) is 11.4 Å². The fourth-order valence-corrected chi connectivity index (χ4v) is 4.43. The fraction of sp³-hybridized carbons (Fsp3) is 0.440. The van der Waals surface area contributed by atoms with Gasteiger partial charge in [0.15, 0.2) is 0 Å². The molecule has 0 bridgehead atoms. The Morgan fingerprint density at radius 2 is 1.97 bits per heavy atom. The number of aromatic nitrogens is 4. The highest BCUT2D eigenvalue weighted by molar-refractivity contribution is 9.10. The van der Waals surface area contributed by atoms with Gasteiger partial charge < -0.3 is 9.57 Å². The van der Waals surface area contributed by atoms with Crippen LogP contribution >= 0.6 is 15.9 Å². The number of hydrogen-bond acceptors (Lipinski definition) is 6. The van der Waals surface area contributed by atoms with Gasteiger partial charge in [-0.1, -0.05) is 38.1 Å². The van der Waals surface area contributed by atoms with Gasteiger partial charge >= 0.3 is 5.69 Å². The van der Waals surface area contributed by atoms with Gasteiger partial charge in [0.1, 0.15) is 19.5 Å². The molecule has 1 aliphatic carbocycles. The van der Waals surface area contributed by atoms with E-state index in [1.807, 2.05) is 30.3 Å². The lowest BCUT2D eigenvalue weighted by atomic mass is 9.87. The second kappa shape index (κ2) is 9.74. The number of hydrogen-bond donors (Lipinski definition) is 0. The summed E-state index contributed by atoms with van der Waals surface area (Å²) in [5.41, 5.74) is 4.49. The Morgan fingerprint density at radius 3 is 2.56 bits per heavy atom. The van der Waals surface area contributed by atoms with E-state index in [1.54, 1.807) is 14.2 Å². The van der Waals surface area contributed by atoms with E-state index in [1.165, 1.54) is 14.9 Å². The molecule has 34 heavy (non-hydrogen) atoms. The summed E-state index contributed by atoms with van der Waals surface area (Å²) >= 11 is 3.66. The molecule has 0 unspecified atom stereocenters. The molecule has 0 spiro atoms. The van der Waals surface area contributed by atoms with Gasteiger partial charge in [0.05, 0.1) is 15.9 Å². The first-order valence-corrected chi connectivity index (χ1v) is 12.1. The molecule has 9 heteroatoms.